The number of amides is 4. The van der Waals surface area contributed by atoms with Gasteiger partial charge < -0.3 is 19.7 Å². The van der Waals surface area contributed by atoms with Crippen molar-refractivity contribution in [3.05, 3.63) is 65.3 Å². The second kappa shape index (κ2) is 9.72. The van der Waals surface area contributed by atoms with Gasteiger partial charge in [0.2, 0.25) is 0 Å². The molecule has 9 nitrogen and oxygen atoms in total. The van der Waals surface area contributed by atoms with Crippen LogP contribution in [0, 0.1) is 0 Å². The lowest BCUT2D eigenvalue weighted by atomic mass is 9.88. The van der Waals surface area contributed by atoms with Crippen LogP contribution in [0.3, 0.4) is 0 Å². The van der Waals surface area contributed by atoms with Gasteiger partial charge in [0.15, 0.2) is 12.1 Å². The maximum absolute atomic E-state index is 13.1. The van der Waals surface area contributed by atoms with Gasteiger partial charge in [-0.15, -0.1) is 0 Å². The Morgan fingerprint density at radius 3 is 2.61 bits per heavy atom. The molecule has 2 heterocycles. The predicted octanol–water partition coefficient (Wildman–Crippen LogP) is 2.24. The first-order chi connectivity index (χ1) is 15.7. The Hall–Kier alpha value is -3.88. The molecule has 1 saturated heterocycles. The zero-order valence-electron chi connectivity index (χ0n) is 18.9. The van der Waals surface area contributed by atoms with Crippen molar-refractivity contribution >= 4 is 23.8 Å². The summed E-state index contributed by atoms with van der Waals surface area (Å²) >= 11 is 0. The minimum atomic E-state index is -1.47. The minimum absolute atomic E-state index is 0.0778. The molecule has 2 aliphatic heterocycles. The third-order valence-electron chi connectivity index (χ3n) is 5.30. The van der Waals surface area contributed by atoms with Gasteiger partial charge in [0, 0.05) is 12.1 Å². The fraction of sp³-hybridized carbons (Fsp3) is 0.333. The number of carbonyl (C=O) groups excluding carboxylic acids is 4. The zero-order valence-corrected chi connectivity index (χ0v) is 18.9. The summed E-state index contributed by atoms with van der Waals surface area (Å²) in [5.74, 6) is -0.891. The number of esters is 1. The largest absolute Gasteiger partial charge is 0.482 e. The Labute approximate surface area is 192 Å². The van der Waals surface area contributed by atoms with Crippen molar-refractivity contribution in [2.24, 2.45) is 0 Å². The van der Waals surface area contributed by atoms with Crippen LogP contribution in [0.2, 0.25) is 0 Å². The van der Waals surface area contributed by atoms with Crippen LogP contribution in [0.15, 0.2) is 54.2 Å². The van der Waals surface area contributed by atoms with Crippen LogP contribution in [0.5, 0.6) is 5.75 Å². The van der Waals surface area contributed by atoms with Gasteiger partial charge in [-0.2, -0.15) is 0 Å². The number of rotatable bonds is 9. The van der Waals surface area contributed by atoms with E-state index in [1.807, 2.05) is 19.9 Å². The number of benzene rings is 1. The molecule has 1 unspecified atom stereocenters. The number of fused-ring (bicyclic) bond motifs is 1. The molecule has 0 radical (unpaired) electrons. The summed E-state index contributed by atoms with van der Waals surface area (Å²) in [5, 5.41) is 4.95. The molecule has 0 aromatic heterocycles. The number of nitrogens with zero attached hydrogens (tertiary/aromatic N) is 1. The Morgan fingerprint density at radius 1 is 1.24 bits per heavy atom. The minimum Gasteiger partial charge on any atom is -0.482 e. The lowest BCUT2D eigenvalue weighted by molar-refractivity contribution is -0.145. The molecular formula is C24H27N3O6. The first-order valence-corrected chi connectivity index (χ1v) is 10.5. The first kappa shape index (κ1) is 23.8. The van der Waals surface area contributed by atoms with Crippen molar-refractivity contribution in [1.29, 1.82) is 0 Å². The van der Waals surface area contributed by atoms with Crippen molar-refractivity contribution < 1.29 is 28.7 Å². The quantitative estimate of drug-likeness (QED) is 0.337. The number of urea groups is 1. The molecule has 0 aliphatic carbocycles. The molecule has 33 heavy (non-hydrogen) atoms. The molecule has 1 atom stereocenters. The van der Waals surface area contributed by atoms with E-state index in [0.29, 0.717) is 22.4 Å². The predicted molar refractivity (Wildman–Crippen MR) is 120 cm³/mol. The SMILES string of the molecule is C=C/C(=C\C=C(C)C)C1(CN2Cc3cc(OCC(=O)OCC)ccc3C2=O)NC(=O)NC1=O. The molecule has 0 saturated carbocycles. The number of carbonyl (C=O) groups is 4. The summed E-state index contributed by atoms with van der Waals surface area (Å²) in [5.41, 5.74) is 1.15. The Morgan fingerprint density at radius 2 is 2.00 bits per heavy atom. The average Bonchev–Trinajstić information content (AvgIpc) is 3.22. The van der Waals surface area contributed by atoms with E-state index in [-0.39, 0.29) is 32.2 Å². The monoisotopic (exact) mass is 453 g/mol. The fourth-order valence-corrected chi connectivity index (χ4v) is 3.74. The van der Waals surface area contributed by atoms with E-state index >= 15 is 0 Å². The molecule has 9 heteroatoms. The van der Waals surface area contributed by atoms with Crippen LogP contribution >= 0.6 is 0 Å². The van der Waals surface area contributed by atoms with E-state index in [1.165, 1.54) is 11.0 Å². The van der Waals surface area contributed by atoms with E-state index < -0.39 is 23.4 Å². The average molecular weight is 453 g/mol. The van der Waals surface area contributed by atoms with E-state index in [9.17, 15) is 19.2 Å². The van der Waals surface area contributed by atoms with Crippen molar-refractivity contribution in [2.75, 3.05) is 19.8 Å². The number of hydrogen-bond acceptors (Lipinski definition) is 6. The molecule has 0 spiro atoms. The van der Waals surface area contributed by atoms with E-state index in [2.05, 4.69) is 17.2 Å². The molecule has 174 valence electrons. The highest BCUT2D eigenvalue weighted by molar-refractivity contribution is 6.10. The summed E-state index contributed by atoms with van der Waals surface area (Å²) in [7, 11) is 0. The molecule has 1 aromatic carbocycles. The van der Waals surface area contributed by atoms with Crippen LogP contribution in [0.1, 0.15) is 36.7 Å². The van der Waals surface area contributed by atoms with Gasteiger partial charge in [0.25, 0.3) is 11.8 Å². The van der Waals surface area contributed by atoms with Crippen LogP contribution in [0.4, 0.5) is 4.79 Å². The number of imide groups is 1. The topological polar surface area (TPSA) is 114 Å². The molecule has 3 rings (SSSR count). The normalized spacial score (nSPS) is 19.5. The van der Waals surface area contributed by atoms with Crippen LogP contribution in [-0.2, 0) is 20.9 Å². The zero-order chi connectivity index (χ0) is 24.2. The molecule has 0 bridgehead atoms. The van der Waals surface area contributed by atoms with Crippen molar-refractivity contribution in [2.45, 2.75) is 32.9 Å². The lowest BCUT2D eigenvalue weighted by Crippen LogP contribution is -2.56. The van der Waals surface area contributed by atoms with Crippen LogP contribution < -0.4 is 15.4 Å². The highest BCUT2D eigenvalue weighted by atomic mass is 16.6. The maximum Gasteiger partial charge on any atom is 0.344 e. The van der Waals surface area contributed by atoms with Crippen molar-refractivity contribution in [3.63, 3.8) is 0 Å². The molecule has 4 amide bonds. The van der Waals surface area contributed by atoms with Gasteiger partial charge in [-0.1, -0.05) is 30.4 Å². The first-order valence-electron chi connectivity index (χ1n) is 10.5. The highest BCUT2D eigenvalue weighted by Crippen LogP contribution is 2.31. The molecule has 1 fully saturated rings. The molecule has 2 N–H and O–H groups in total. The maximum atomic E-state index is 13.1. The van der Waals surface area contributed by atoms with Gasteiger partial charge in [-0.3, -0.25) is 14.9 Å². The summed E-state index contributed by atoms with van der Waals surface area (Å²) in [4.78, 5) is 51.0. The molecule has 1 aromatic rings. The second-order valence-corrected chi connectivity index (χ2v) is 7.96. The summed E-state index contributed by atoms with van der Waals surface area (Å²) in [6.07, 6.45) is 5.02. The standard InChI is InChI=1S/C24H27N3O6/c1-5-17(8-7-15(3)4)24(22(30)25-23(31)26-24)14-27-12-16-11-18(9-10-19(16)21(27)29)33-13-20(28)32-6-2/h5,7-11H,1,6,12-14H2,2-4H3,(H2,25,26,30,31)/b17-8+. The van der Waals surface area contributed by atoms with Crippen LogP contribution in [-0.4, -0.2) is 54.0 Å². The van der Waals surface area contributed by atoms with Crippen molar-refractivity contribution in [3.8, 4) is 5.75 Å². The second-order valence-electron chi connectivity index (χ2n) is 7.96. The van der Waals surface area contributed by atoms with Gasteiger partial charge in [0.1, 0.15) is 5.75 Å². The van der Waals surface area contributed by atoms with E-state index in [0.717, 1.165) is 5.57 Å². The fourth-order valence-electron chi connectivity index (χ4n) is 3.74. The third-order valence-corrected chi connectivity index (χ3v) is 5.30. The summed E-state index contributed by atoms with van der Waals surface area (Å²) in [6.45, 7) is 9.46. The number of hydrogen-bond donors (Lipinski definition) is 2. The Balaban J connectivity index is 1.85. The van der Waals surface area contributed by atoms with E-state index in [4.69, 9.17) is 9.47 Å². The summed E-state index contributed by atoms with van der Waals surface area (Å²) < 4.78 is 10.3. The van der Waals surface area contributed by atoms with Gasteiger partial charge in [-0.05, 0) is 50.1 Å². The van der Waals surface area contributed by atoms with Gasteiger partial charge in [-0.25, -0.2) is 9.59 Å². The van der Waals surface area contributed by atoms with Gasteiger partial charge >= 0.3 is 12.0 Å². The number of nitrogens with one attached hydrogen (secondary N) is 2. The van der Waals surface area contributed by atoms with E-state index in [1.54, 1.807) is 31.2 Å². The Kier molecular flexibility index (Phi) is 7.01. The number of allylic oxidation sites excluding steroid dienone is 3. The lowest BCUT2D eigenvalue weighted by Gasteiger charge is -2.32. The Bertz CT molecular complexity index is 1070. The van der Waals surface area contributed by atoms with Gasteiger partial charge in [0.05, 0.1) is 13.2 Å². The smallest absolute Gasteiger partial charge is 0.344 e. The molecule has 2 aliphatic rings. The van der Waals surface area contributed by atoms with Crippen molar-refractivity contribution in [1.82, 2.24) is 15.5 Å². The summed E-state index contributed by atoms with van der Waals surface area (Å²) in [6, 6.07) is 4.26. The van der Waals surface area contributed by atoms with Crippen LogP contribution in [0.25, 0.3) is 0 Å². The number of ether oxygens (including phenoxy) is 2. The third kappa shape index (κ3) is 4.97. The highest BCUT2D eigenvalue weighted by Gasteiger charge is 2.50. The molecular weight excluding hydrogens is 426 g/mol.